The summed E-state index contributed by atoms with van der Waals surface area (Å²) in [4.78, 5) is 0. The molecule has 0 heterocycles. The lowest BCUT2D eigenvalue weighted by molar-refractivity contribution is -0.138. The lowest BCUT2D eigenvalue weighted by Gasteiger charge is -2.18. The van der Waals surface area contributed by atoms with Crippen LogP contribution < -0.4 is 5.32 Å². The molecule has 1 nitrogen and oxygen atoms in total. The third kappa shape index (κ3) is 3.32. The summed E-state index contributed by atoms with van der Waals surface area (Å²) in [5.74, 6) is 0. The Bertz CT molecular complexity index is 576. The first-order valence-electron chi connectivity index (χ1n) is 6.37. The zero-order valence-corrected chi connectivity index (χ0v) is 11.3. The zero-order chi connectivity index (χ0) is 14.8. The molecule has 2 aromatic rings. The number of anilines is 1. The average molecular weight is 279 g/mol. The minimum atomic E-state index is -4.32. The SMILES string of the molecule is Cc1ccc(NC(C)c2ccccc2)cc1C(F)(F)F. The van der Waals surface area contributed by atoms with Crippen LogP contribution in [0.3, 0.4) is 0 Å². The van der Waals surface area contributed by atoms with Crippen molar-refractivity contribution < 1.29 is 13.2 Å². The third-order valence-electron chi connectivity index (χ3n) is 3.23. The standard InChI is InChI=1S/C16H16F3N/c1-11-8-9-14(10-15(11)16(17,18)19)20-12(2)13-6-4-3-5-7-13/h3-10,12,20H,1-2H3. The summed E-state index contributed by atoms with van der Waals surface area (Å²) in [5, 5.41) is 3.10. The van der Waals surface area contributed by atoms with Crippen molar-refractivity contribution in [3.05, 3.63) is 65.2 Å². The fourth-order valence-electron chi connectivity index (χ4n) is 2.09. The van der Waals surface area contributed by atoms with E-state index in [1.54, 1.807) is 6.07 Å². The van der Waals surface area contributed by atoms with E-state index < -0.39 is 11.7 Å². The van der Waals surface area contributed by atoms with Crippen molar-refractivity contribution in [2.45, 2.75) is 26.1 Å². The van der Waals surface area contributed by atoms with Crippen molar-refractivity contribution in [2.24, 2.45) is 0 Å². The maximum Gasteiger partial charge on any atom is 0.416 e. The first-order chi connectivity index (χ1) is 9.38. The summed E-state index contributed by atoms with van der Waals surface area (Å²) in [6.45, 7) is 3.38. The first kappa shape index (κ1) is 14.4. The molecule has 20 heavy (non-hydrogen) atoms. The van der Waals surface area contributed by atoms with Gasteiger partial charge in [-0.1, -0.05) is 36.4 Å². The molecule has 106 valence electrons. The van der Waals surface area contributed by atoms with Crippen LogP contribution in [0.5, 0.6) is 0 Å². The highest BCUT2D eigenvalue weighted by molar-refractivity contribution is 5.50. The molecular formula is C16H16F3N. The van der Waals surface area contributed by atoms with Gasteiger partial charge in [-0.2, -0.15) is 13.2 Å². The van der Waals surface area contributed by atoms with Crippen LogP contribution in [0, 0.1) is 6.92 Å². The molecule has 1 atom stereocenters. The van der Waals surface area contributed by atoms with E-state index in [1.807, 2.05) is 37.3 Å². The van der Waals surface area contributed by atoms with Gasteiger partial charge in [-0.05, 0) is 37.1 Å². The van der Waals surface area contributed by atoms with E-state index in [9.17, 15) is 13.2 Å². The van der Waals surface area contributed by atoms with E-state index in [2.05, 4.69) is 5.32 Å². The summed E-state index contributed by atoms with van der Waals surface area (Å²) in [6.07, 6.45) is -4.32. The van der Waals surface area contributed by atoms with Crippen LogP contribution >= 0.6 is 0 Å². The van der Waals surface area contributed by atoms with E-state index in [0.717, 1.165) is 11.6 Å². The third-order valence-corrected chi connectivity index (χ3v) is 3.23. The van der Waals surface area contributed by atoms with Gasteiger partial charge >= 0.3 is 6.18 Å². The molecule has 2 aromatic carbocycles. The van der Waals surface area contributed by atoms with Crippen LogP contribution in [0.4, 0.5) is 18.9 Å². The molecule has 0 spiro atoms. The number of hydrogen-bond acceptors (Lipinski definition) is 1. The van der Waals surface area contributed by atoms with Gasteiger partial charge in [0.1, 0.15) is 0 Å². The molecule has 0 saturated carbocycles. The van der Waals surface area contributed by atoms with E-state index >= 15 is 0 Å². The van der Waals surface area contributed by atoms with Gasteiger partial charge < -0.3 is 5.32 Å². The monoisotopic (exact) mass is 279 g/mol. The quantitative estimate of drug-likeness (QED) is 0.815. The normalized spacial score (nSPS) is 13.1. The topological polar surface area (TPSA) is 12.0 Å². The van der Waals surface area contributed by atoms with Crippen molar-refractivity contribution >= 4 is 5.69 Å². The maximum atomic E-state index is 12.9. The van der Waals surface area contributed by atoms with E-state index in [0.29, 0.717) is 5.69 Å². The second-order valence-corrected chi connectivity index (χ2v) is 4.80. The minimum absolute atomic E-state index is 0.0556. The van der Waals surface area contributed by atoms with E-state index in [1.165, 1.54) is 13.0 Å². The fourth-order valence-corrected chi connectivity index (χ4v) is 2.09. The lowest BCUT2D eigenvalue weighted by Crippen LogP contribution is -2.10. The van der Waals surface area contributed by atoms with Crippen molar-refractivity contribution in [1.82, 2.24) is 0 Å². The molecule has 4 heteroatoms. The molecule has 0 bridgehead atoms. The number of hydrogen-bond donors (Lipinski definition) is 1. The highest BCUT2D eigenvalue weighted by Gasteiger charge is 2.32. The number of halogens is 3. The zero-order valence-electron chi connectivity index (χ0n) is 11.3. The van der Waals surface area contributed by atoms with Crippen molar-refractivity contribution in [2.75, 3.05) is 5.32 Å². The van der Waals surface area contributed by atoms with Crippen LogP contribution in [-0.4, -0.2) is 0 Å². The van der Waals surface area contributed by atoms with Crippen LogP contribution in [0.1, 0.15) is 29.7 Å². The van der Waals surface area contributed by atoms with Crippen molar-refractivity contribution in [1.29, 1.82) is 0 Å². The Morgan fingerprint density at radius 3 is 2.25 bits per heavy atom. The van der Waals surface area contributed by atoms with Crippen molar-refractivity contribution in [3.8, 4) is 0 Å². The van der Waals surface area contributed by atoms with Crippen LogP contribution in [0.15, 0.2) is 48.5 Å². The first-order valence-corrected chi connectivity index (χ1v) is 6.37. The van der Waals surface area contributed by atoms with Crippen molar-refractivity contribution in [3.63, 3.8) is 0 Å². The van der Waals surface area contributed by atoms with Gasteiger partial charge in [0, 0.05) is 11.7 Å². The maximum absolute atomic E-state index is 12.9. The second-order valence-electron chi connectivity index (χ2n) is 4.80. The van der Waals surface area contributed by atoms with E-state index in [4.69, 9.17) is 0 Å². The summed E-state index contributed by atoms with van der Waals surface area (Å²) in [7, 11) is 0. The molecule has 0 radical (unpaired) electrons. The van der Waals surface area contributed by atoms with Crippen LogP contribution in [0.2, 0.25) is 0 Å². The number of nitrogens with one attached hydrogen (secondary N) is 1. The summed E-state index contributed by atoms with van der Waals surface area (Å²) in [6, 6.07) is 13.9. The number of aryl methyl sites for hydroxylation is 1. The Balaban J connectivity index is 2.22. The molecule has 0 saturated heterocycles. The molecule has 0 aliphatic carbocycles. The average Bonchev–Trinajstić information content (AvgIpc) is 2.40. The molecule has 1 N–H and O–H groups in total. The molecule has 0 amide bonds. The molecule has 1 unspecified atom stereocenters. The molecule has 0 aromatic heterocycles. The predicted molar refractivity (Wildman–Crippen MR) is 74.7 cm³/mol. The van der Waals surface area contributed by atoms with Gasteiger partial charge in [-0.3, -0.25) is 0 Å². The highest BCUT2D eigenvalue weighted by atomic mass is 19.4. The number of rotatable bonds is 3. The van der Waals surface area contributed by atoms with E-state index in [-0.39, 0.29) is 11.6 Å². The lowest BCUT2D eigenvalue weighted by atomic mass is 10.1. The summed E-state index contributed by atoms with van der Waals surface area (Å²) >= 11 is 0. The predicted octanol–water partition coefficient (Wildman–Crippen LogP) is 5.19. The number of benzene rings is 2. The smallest absolute Gasteiger partial charge is 0.379 e. The van der Waals surface area contributed by atoms with Gasteiger partial charge in [0.15, 0.2) is 0 Å². The Kier molecular flexibility index (Phi) is 4.02. The van der Waals surface area contributed by atoms with Gasteiger partial charge in [-0.15, -0.1) is 0 Å². The van der Waals surface area contributed by atoms with Gasteiger partial charge in [0.25, 0.3) is 0 Å². The van der Waals surface area contributed by atoms with Gasteiger partial charge in [0.2, 0.25) is 0 Å². The minimum Gasteiger partial charge on any atom is -0.379 e. The Morgan fingerprint density at radius 2 is 1.65 bits per heavy atom. The summed E-state index contributed by atoms with van der Waals surface area (Å²) in [5.41, 5.74) is 1.14. The summed E-state index contributed by atoms with van der Waals surface area (Å²) < 4.78 is 38.6. The molecule has 0 aliphatic heterocycles. The van der Waals surface area contributed by atoms with Gasteiger partial charge in [-0.25, -0.2) is 0 Å². The fraction of sp³-hybridized carbons (Fsp3) is 0.250. The Labute approximate surface area is 116 Å². The molecule has 2 rings (SSSR count). The van der Waals surface area contributed by atoms with Crippen LogP contribution in [0.25, 0.3) is 0 Å². The molecule has 0 aliphatic rings. The molecular weight excluding hydrogens is 263 g/mol. The molecule has 0 fully saturated rings. The number of alkyl halides is 3. The largest absolute Gasteiger partial charge is 0.416 e. The van der Waals surface area contributed by atoms with Crippen LogP contribution in [-0.2, 0) is 6.18 Å². The van der Waals surface area contributed by atoms with Gasteiger partial charge in [0.05, 0.1) is 5.56 Å². The Morgan fingerprint density at radius 1 is 1.00 bits per heavy atom. The highest BCUT2D eigenvalue weighted by Crippen LogP contribution is 2.34. The Hall–Kier alpha value is -1.97. The second kappa shape index (κ2) is 5.57.